The van der Waals surface area contributed by atoms with Crippen molar-refractivity contribution >= 4 is 27.5 Å². The molecule has 0 aliphatic rings. The molecule has 1 aromatic carbocycles. The highest BCUT2D eigenvalue weighted by Gasteiger charge is 2.11. The van der Waals surface area contributed by atoms with Crippen LogP contribution in [0.15, 0.2) is 29.2 Å². The second-order valence-electron chi connectivity index (χ2n) is 4.37. The largest absolute Gasteiger partial charge is 0.350 e. The Bertz CT molecular complexity index is 523. The third-order valence-electron chi connectivity index (χ3n) is 2.72. The van der Waals surface area contributed by atoms with Crippen molar-refractivity contribution in [3.05, 3.63) is 29.8 Å². The van der Waals surface area contributed by atoms with Gasteiger partial charge in [0.2, 0.25) is 5.91 Å². The molecule has 0 radical (unpaired) electrons. The van der Waals surface area contributed by atoms with Crippen LogP contribution in [0.3, 0.4) is 0 Å². The molecule has 106 valence electrons. The lowest BCUT2D eigenvalue weighted by Crippen LogP contribution is -2.26. The molecule has 6 heteroatoms. The maximum atomic E-state index is 11.6. The summed E-state index contributed by atoms with van der Waals surface area (Å²) in [5.74, 6) is 0.806. The van der Waals surface area contributed by atoms with Crippen molar-refractivity contribution in [2.45, 2.75) is 24.3 Å². The predicted octanol–water partition coefficient (Wildman–Crippen LogP) is 2.02. The molecule has 0 aliphatic carbocycles. The van der Waals surface area contributed by atoms with Gasteiger partial charge in [0.1, 0.15) is 0 Å². The molecule has 0 bridgehead atoms. The van der Waals surface area contributed by atoms with Crippen molar-refractivity contribution < 1.29 is 13.2 Å². The second kappa shape index (κ2) is 6.96. The van der Waals surface area contributed by atoms with E-state index in [1.165, 1.54) is 6.26 Å². The maximum absolute atomic E-state index is 11.6. The number of nitrogens with one attached hydrogen (secondary N) is 1. The highest BCUT2D eigenvalue weighted by Crippen LogP contribution is 2.16. The summed E-state index contributed by atoms with van der Waals surface area (Å²) in [6.07, 6.45) is 3.63. The van der Waals surface area contributed by atoms with Crippen LogP contribution in [0.4, 0.5) is 0 Å². The third kappa shape index (κ3) is 5.24. The monoisotopic (exact) mass is 301 g/mol. The number of hydrogen-bond acceptors (Lipinski definition) is 4. The minimum atomic E-state index is -3.17. The first-order chi connectivity index (χ1) is 8.84. The van der Waals surface area contributed by atoms with Crippen molar-refractivity contribution in [1.82, 2.24) is 5.32 Å². The van der Waals surface area contributed by atoms with Gasteiger partial charge >= 0.3 is 0 Å². The fraction of sp³-hybridized carbons (Fsp3) is 0.462. The van der Waals surface area contributed by atoms with Crippen molar-refractivity contribution in [2.75, 3.05) is 18.3 Å². The lowest BCUT2D eigenvalue weighted by molar-refractivity contribution is -0.121. The van der Waals surface area contributed by atoms with E-state index in [0.717, 1.165) is 11.3 Å². The van der Waals surface area contributed by atoms with Gasteiger partial charge in [-0.1, -0.05) is 12.1 Å². The van der Waals surface area contributed by atoms with Crippen molar-refractivity contribution in [3.8, 4) is 0 Å². The molecule has 1 rings (SSSR count). The van der Waals surface area contributed by atoms with Gasteiger partial charge in [-0.25, -0.2) is 8.42 Å². The SMILES string of the molecule is CSCCC(=O)NC(C)c1ccc(S(C)(=O)=O)cc1. The zero-order valence-corrected chi connectivity index (χ0v) is 13.0. The van der Waals surface area contributed by atoms with Gasteiger partial charge in [-0.15, -0.1) is 0 Å². The molecule has 0 spiro atoms. The summed E-state index contributed by atoms with van der Waals surface area (Å²) in [6.45, 7) is 1.88. The number of hydrogen-bond donors (Lipinski definition) is 1. The Labute approximate surface area is 118 Å². The van der Waals surface area contributed by atoms with Crippen LogP contribution in [-0.2, 0) is 14.6 Å². The number of benzene rings is 1. The standard InChI is InChI=1S/C13H19NO3S2/c1-10(14-13(15)8-9-18-2)11-4-6-12(7-5-11)19(3,16)17/h4-7,10H,8-9H2,1-3H3,(H,14,15). The number of rotatable bonds is 6. The van der Waals surface area contributed by atoms with E-state index in [1.807, 2.05) is 13.2 Å². The molecule has 1 atom stereocenters. The van der Waals surface area contributed by atoms with Gasteiger partial charge < -0.3 is 5.32 Å². The van der Waals surface area contributed by atoms with Crippen LogP contribution in [0, 0.1) is 0 Å². The van der Waals surface area contributed by atoms with E-state index >= 15 is 0 Å². The normalized spacial score (nSPS) is 13.0. The van der Waals surface area contributed by atoms with Gasteiger partial charge in [-0.3, -0.25) is 4.79 Å². The highest BCUT2D eigenvalue weighted by molar-refractivity contribution is 7.98. The summed E-state index contributed by atoms with van der Waals surface area (Å²) in [7, 11) is -3.17. The minimum absolute atomic E-state index is 0.00837. The molecule has 0 aromatic heterocycles. The topological polar surface area (TPSA) is 63.2 Å². The Morgan fingerprint density at radius 3 is 2.37 bits per heavy atom. The van der Waals surface area contributed by atoms with Crippen LogP contribution >= 0.6 is 11.8 Å². The molecule has 1 unspecified atom stereocenters. The van der Waals surface area contributed by atoms with E-state index in [9.17, 15) is 13.2 Å². The summed E-state index contributed by atoms with van der Waals surface area (Å²) < 4.78 is 22.7. The van der Waals surface area contributed by atoms with E-state index in [0.29, 0.717) is 6.42 Å². The van der Waals surface area contributed by atoms with Crippen LogP contribution in [0.5, 0.6) is 0 Å². The minimum Gasteiger partial charge on any atom is -0.350 e. The molecule has 0 saturated heterocycles. The summed E-state index contributed by atoms with van der Waals surface area (Å²) in [5, 5.41) is 2.89. The Hall–Kier alpha value is -1.01. The van der Waals surface area contributed by atoms with Crippen LogP contribution in [0.25, 0.3) is 0 Å². The Morgan fingerprint density at radius 2 is 1.89 bits per heavy atom. The molecule has 0 saturated carbocycles. The van der Waals surface area contributed by atoms with Gasteiger partial charge in [0, 0.05) is 18.4 Å². The van der Waals surface area contributed by atoms with Crippen LogP contribution in [0.2, 0.25) is 0 Å². The second-order valence-corrected chi connectivity index (χ2v) is 7.37. The van der Waals surface area contributed by atoms with Crippen molar-refractivity contribution in [3.63, 3.8) is 0 Å². The van der Waals surface area contributed by atoms with Gasteiger partial charge in [0.05, 0.1) is 10.9 Å². The fourth-order valence-corrected chi connectivity index (χ4v) is 2.62. The summed E-state index contributed by atoms with van der Waals surface area (Å²) in [5.41, 5.74) is 0.893. The number of carbonyl (C=O) groups excluding carboxylic acids is 1. The summed E-state index contributed by atoms with van der Waals surface area (Å²) >= 11 is 1.63. The molecule has 0 heterocycles. The zero-order valence-electron chi connectivity index (χ0n) is 11.3. The van der Waals surface area contributed by atoms with E-state index in [-0.39, 0.29) is 16.8 Å². The number of sulfone groups is 1. The van der Waals surface area contributed by atoms with Gasteiger partial charge in [-0.2, -0.15) is 11.8 Å². The highest BCUT2D eigenvalue weighted by atomic mass is 32.2. The van der Waals surface area contributed by atoms with Crippen LogP contribution in [0.1, 0.15) is 24.9 Å². The maximum Gasteiger partial charge on any atom is 0.221 e. The van der Waals surface area contributed by atoms with E-state index in [1.54, 1.807) is 36.0 Å². The smallest absolute Gasteiger partial charge is 0.221 e. The molecule has 0 fully saturated rings. The average molecular weight is 301 g/mol. The zero-order chi connectivity index (χ0) is 14.5. The number of amides is 1. The Kier molecular flexibility index (Phi) is 5.87. The predicted molar refractivity (Wildman–Crippen MR) is 79.1 cm³/mol. The van der Waals surface area contributed by atoms with Crippen molar-refractivity contribution in [1.29, 1.82) is 0 Å². The molecule has 0 aliphatic heterocycles. The summed E-state index contributed by atoms with van der Waals surface area (Å²) in [4.78, 5) is 11.9. The first-order valence-corrected chi connectivity index (χ1v) is 9.21. The van der Waals surface area contributed by atoms with Crippen LogP contribution in [-0.4, -0.2) is 32.6 Å². The Morgan fingerprint density at radius 1 is 1.32 bits per heavy atom. The molecule has 1 aromatic rings. The molecular weight excluding hydrogens is 282 g/mol. The Balaban J connectivity index is 2.68. The molecule has 1 amide bonds. The van der Waals surface area contributed by atoms with Crippen LogP contribution < -0.4 is 5.32 Å². The van der Waals surface area contributed by atoms with Crippen molar-refractivity contribution in [2.24, 2.45) is 0 Å². The molecule has 1 N–H and O–H groups in total. The fourth-order valence-electron chi connectivity index (χ4n) is 1.60. The van der Waals surface area contributed by atoms with Gasteiger partial charge in [-0.05, 0) is 30.9 Å². The number of thioether (sulfide) groups is 1. The third-order valence-corrected chi connectivity index (χ3v) is 4.46. The molecule has 4 nitrogen and oxygen atoms in total. The average Bonchev–Trinajstić information content (AvgIpc) is 2.35. The quantitative estimate of drug-likeness (QED) is 0.873. The van der Waals surface area contributed by atoms with E-state index < -0.39 is 9.84 Å². The van der Waals surface area contributed by atoms with E-state index in [4.69, 9.17) is 0 Å². The lowest BCUT2D eigenvalue weighted by Gasteiger charge is -2.14. The number of carbonyl (C=O) groups is 1. The molecule has 19 heavy (non-hydrogen) atoms. The summed E-state index contributed by atoms with van der Waals surface area (Å²) in [6, 6.07) is 6.47. The van der Waals surface area contributed by atoms with E-state index in [2.05, 4.69) is 5.32 Å². The first kappa shape index (κ1) is 16.0. The first-order valence-electron chi connectivity index (χ1n) is 5.93. The van der Waals surface area contributed by atoms with Gasteiger partial charge in [0.15, 0.2) is 9.84 Å². The molecular formula is C13H19NO3S2. The van der Waals surface area contributed by atoms with Gasteiger partial charge in [0.25, 0.3) is 0 Å². The lowest BCUT2D eigenvalue weighted by atomic mass is 10.1.